The number of ether oxygens (including phenoxy) is 1. The first-order chi connectivity index (χ1) is 11.7. The van der Waals surface area contributed by atoms with Crippen molar-refractivity contribution in [2.24, 2.45) is 0 Å². The summed E-state index contributed by atoms with van der Waals surface area (Å²) in [4.78, 5) is 0. The maximum atomic E-state index is 6.05. The Morgan fingerprint density at radius 1 is 1.00 bits per heavy atom. The molecule has 0 unspecified atom stereocenters. The molecule has 0 saturated carbocycles. The molecule has 0 saturated heterocycles. The van der Waals surface area contributed by atoms with E-state index in [1.165, 1.54) is 42.4 Å². The van der Waals surface area contributed by atoms with Crippen LogP contribution in [0.3, 0.4) is 0 Å². The molecule has 0 spiro atoms. The van der Waals surface area contributed by atoms with Gasteiger partial charge in [0.05, 0.1) is 0 Å². The Labute approximate surface area is 166 Å². The molecule has 138 valence electrons. The van der Waals surface area contributed by atoms with Gasteiger partial charge in [0.1, 0.15) is 12.4 Å². The molecule has 0 aliphatic heterocycles. The number of halogens is 2. The van der Waals surface area contributed by atoms with E-state index in [1.54, 1.807) is 0 Å². The molecular formula is C21H29BrClNO. The van der Waals surface area contributed by atoms with E-state index in [1.807, 2.05) is 12.1 Å². The van der Waals surface area contributed by atoms with Gasteiger partial charge >= 0.3 is 0 Å². The summed E-state index contributed by atoms with van der Waals surface area (Å²) < 4.78 is 7.14. The zero-order valence-corrected chi connectivity index (χ0v) is 17.6. The van der Waals surface area contributed by atoms with Crippen LogP contribution >= 0.6 is 28.3 Å². The van der Waals surface area contributed by atoms with E-state index in [0.717, 1.165) is 23.3 Å². The molecular weight excluding hydrogens is 398 g/mol. The van der Waals surface area contributed by atoms with Crippen LogP contribution in [0.25, 0.3) is 0 Å². The maximum Gasteiger partial charge on any atom is 0.124 e. The molecule has 0 atom stereocenters. The monoisotopic (exact) mass is 425 g/mol. The zero-order valence-electron chi connectivity index (χ0n) is 15.2. The highest BCUT2D eigenvalue weighted by Crippen LogP contribution is 2.24. The molecule has 25 heavy (non-hydrogen) atoms. The normalized spacial score (nSPS) is 10.4. The van der Waals surface area contributed by atoms with Crippen molar-refractivity contribution in [1.82, 2.24) is 5.32 Å². The number of unbranched alkanes of at least 4 members (excludes halogenated alkanes) is 3. The van der Waals surface area contributed by atoms with Crippen molar-refractivity contribution in [3.63, 3.8) is 0 Å². The Hall–Kier alpha value is -1.03. The van der Waals surface area contributed by atoms with E-state index in [0.29, 0.717) is 6.61 Å². The summed E-state index contributed by atoms with van der Waals surface area (Å²) in [6.45, 7) is 6.85. The third kappa shape index (κ3) is 8.26. The van der Waals surface area contributed by atoms with Gasteiger partial charge in [0.15, 0.2) is 0 Å². The van der Waals surface area contributed by atoms with Gasteiger partial charge in [-0.25, -0.2) is 0 Å². The average molecular weight is 427 g/mol. The van der Waals surface area contributed by atoms with Crippen LogP contribution in [0.15, 0.2) is 46.9 Å². The van der Waals surface area contributed by atoms with E-state index in [-0.39, 0.29) is 12.4 Å². The van der Waals surface area contributed by atoms with Crippen LogP contribution in [0.2, 0.25) is 0 Å². The SMILES string of the molecule is CCCCCCNCc1cc(Br)ccc1OCc1ccc(C)cc1.Cl. The lowest BCUT2D eigenvalue weighted by atomic mass is 10.1. The lowest BCUT2D eigenvalue weighted by molar-refractivity contribution is 0.302. The molecule has 0 radical (unpaired) electrons. The van der Waals surface area contributed by atoms with Crippen LogP contribution in [0, 0.1) is 6.92 Å². The lowest BCUT2D eigenvalue weighted by Gasteiger charge is -2.13. The van der Waals surface area contributed by atoms with Crippen LogP contribution in [-0.4, -0.2) is 6.54 Å². The molecule has 0 aliphatic rings. The Morgan fingerprint density at radius 3 is 2.48 bits per heavy atom. The van der Waals surface area contributed by atoms with Gasteiger partial charge < -0.3 is 10.1 Å². The number of hydrogen-bond acceptors (Lipinski definition) is 2. The fourth-order valence-corrected chi connectivity index (χ4v) is 2.98. The lowest BCUT2D eigenvalue weighted by Crippen LogP contribution is -2.15. The second-order valence-electron chi connectivity index (χ2n) is 6.26. The molecule has 2 nitrogen and oxygen atoms in total. The number of rotatable bonds is 10. The second kappa shape index (κ2) is 12.3. The zero-order chi connectivity index (χ0) is 17.2. The summed E-state index contributed by atoms with van der Waals surface area (Å²) in [5.74, 6) is 0.958. The van der Waals surface area contributed by atoms with Gasteiger partial charge in [0.25, 0.3) is 0 Å². The predicted molar refractivity (Wildman–Crippen MR) is 113 cm³/mol. The highest BCUT2D eigenvalue weighted by atomic mass is 79.9. The topological polar surface area (TPSA) is 21.3 Å². The minimum atomic E-state index is 0. The molecule has 0 aliphatic carbocycles. The standard InChI is InChI=1S/C21H28BrNO.ClH/c1-3-4-5-6-13-23-15-19-14-20(22)11-12-21(19)24-16-18-9-7-17(2)8-10-18;/h7-12,14,23H,3-6,13,15-16H2,1-2H3;1H. The van der Waals surface area contributed by atoms with Crippen LogP contribution < -0.4 is 10.1 Å². The fourth-order valence-electron chi connectivity index (χ4n) is 2.57. The van der Waals surface area contributed by atoms with E-state index >= 15 is 0 Å². The van der Waals surface area contributed by atoms with Crippen molar-refractivity contribution in [3.05, 3.63) is 63.6 Å². The van der Waals surface area contributed by atoms with Crippen molar-refractivity contribution in [3.8, 4) is 5.75 Å². The molecule has 0 amide bonds. The summed E-state index contributed by atoms with van der Waals surface area (Å²) in [7, 11) is 0. The Bertz CT molecular complexity index is 616. The van der Waals surface area contributed by atoms with Crippen LogP contribution in [0.1, 0.15) is 49.3 Å². The second-order valence-corrected chi connectivity index (χ2v) is 7.18. The first kappa shape index (κ1) is 22.0. The number of aryl methyl sites for hydroxylation is 1. The number of benzene rings is 2. The highest BCUT2D eigenvalue weighted by Gasteiger charge is 2.05. The molecule has 0 fully saturated rings. The molecule has 2 aromatic carbocycles. The number of nitrogens with one attached hydrogen (secondary N) is 1. The third-order valence-electron chi connectivity index (χ3n) is 4.06. The number of hydrogen-bond donors (Lipinski definition) is 1. The predicted octanol–water partition coefficient (Wildman–Crippen LogP) is 6.43. The van der Waals surface area contributed by atoms with Gasteiger partial charge in [-0.1, -0.05) is 71.9 Å². The summed E-state index contributed by atoms with van der Waals surface area (Å²) in [5.41, 5.74) is 3.67. The van der Waals surface area contributed by atoms with E-state index < -0.39 is 0 Å². The van der Waals surface area contributed by atoms with Crippen LogP contribution in [-0.2, 0) is 13.2 Å². The van der Waals surface area contributed by atoms with Crippen molar-refractivity contribution in [1.29, 1.82) is 0 Å². The van der Waals surface area contributed by atoms with Gasteiger partial charge in [-0.05, 0) is 43.7 Å². The van der Waals surface area contributed by atoms with Crippen LogP contribution in [0.5, 0.6) is 5.75 Å². The van der Waals surface area contributed by atoms with Gasteiger partial charge in [-0.2, -0.15) is 0 Å². The highest BCUT2D eigenvalue weighted by molar-refractivity contribution is 9.10. The largest absolute Gasteiger partial charge is 0.489 e. The molecule has 4 heteroatoms. The van der Waals surface area contributed by atoms with Gasteiger partial charge in [0, 0.05) is 16.6 Å². The van der Waals surface area contributed by atoms with E-state index in [4.69, 9.17) is 4.74 Å². The van der Waals surface area contributed by atoms with Crippen molar-refractivity contribution < 1.29 is 4.74 Å². The van der Waals surface area contributed by atoms with E-state index in [2.05, 4.69) is 65.4 Å². The first-order valence-corrected chi connectivity index (χ1v) is 9.66. The van der Waals surface area contributed by atoms with Crippen molar-refractivity contribution in [2.45, 2.75) is 52.7 Å². The minimum absolute atomic E-state index is 0. The minimum Gasteiger partial charge on any atom is -0.489 e. The maximum absolute atomic E-state index is 6.05. The fraction of sp³-hybridized carbons (Fsp3) is 0.429. The van der Waals surface area contributed by atoms with Gasteiger partial charge in [-0.3, -0.25) is 0 Å². The Morgan fingerprint density at radius 2 is 1.76 bits per heavy atom. The summed E-state index contributed by atoms with van der Waals surface area (Å²) in [6, 6.07) is 14.7. The molecule has 0 bridgehead atoms. The quantitative estimate of drug-likeness (QED) is 0.442. The summed E-state index contributed by atoms with van der Waals surface area (Å²) >= 11 is 3.56. The Kier molecular flexibility index (Phi) is 10.9. The van der Waals surface area contributed by atoms with Crippen molar-refractivity contribution in [2.75, 3.05) is 6.54 Å². The molecule has 2 rings (SSSR count). The third-order valence-corrected chi connectivity index (χ3v) is 4.55. The van der Waals surface area contributed by atoms with Crippen molar-refractivity contribution >= 4 is 28.3 Å². The average Bonchev–Trinajstić information content (AvgIpc) is 2.58. The smallest absolute Gasteiger partial charge is 0.124 e. The van der Waals surface area contributed by atoms with Gasteiger partial charge in [0.2, 0.25) is 0 Å². The summed E-state index contributed by atoms with van der Waals surface area (Å²) in [6.07, 6.45) is 5.15. The molecule has 0 aromatic heterocycles. The Balaban J connectivity index is 0.00000312. The molecule has 1 N–H and O–H groups in total. The van der Waals surface area contributed by atoms with Gasteiger partial charge in [-0.15, -0.1) is 12.4 Å². The van der Waals surface area contributed by atoms with E-state index in [9.17, 15) is 0 Å². The van der Waals surface area contributed by atoms with Crippen LogP contribution in [0.4, 0.5) is 0 Å². The molecule has 0 heterocycles. The summed E-state index contributed by atoms with van der Waals surface area (Å²) in [5, 5.41) is 3.53. The first-order valence-electron chi connectivity index (χ1n) is 8.86. The molecule has 2 aromatic rings.